The Morgan fingerprint density at radius 3 is 1.80 bits per heavy atom. The van der Waals surface area contributed by atoms with Crippen molar-refractivity contribution in [1.29, 1.82) is 0 Å². The lowest BCUT2D eigenvalue weighted by molar-refractivity contribution is -0.305. The van der Waals surface area contributed by atoms with Crippen LogP contribution in [0.3, 0.4) is 0 Å². The van der Waals surface area contributed by atoms with Crippen LogP contribution in [0.15, 0.2) is 30.3 Å². The molecule has 0 amide bonds. The number of hydrogen-bond acceptors (Lipinski definition) is 13. The van der Waals surface area contributed by atoms with E-state index < -0.39 is 11.9 Å². The zero-order valence-electron chi connectivity index (χ0n) is 23.0. The predicted molar refractivity (Wildman–Crippen MR) is 151 cm³/mol. The number of carboxylic acids is 1. The molecule has 11 nitrogen and oxygen atoms in total. The summed E-state index contributed by atoms with van der Waals surface area (Å²) in [5.41, 5.74) is 1.27. The van der Waals surface area contributed by atoms with E-state index in [4.69, 9.17) is 38.3 Å². The molecule has 0 bridgehead atoms. The van der Waals surface area contributed by atoms with Crippen molar-refractivity contribution in [1.82, 2.24) is 0 Å². The number of rotatable bonds is 29. The van der Waals surface area contributed by atoms with Crippen LogP contribution < -0.4 is 5.11 Å². The van der Waals surface area contributed by atoms with Crippen LogP contribution in [-0.4, -0.2) is 115 Å². The zero-order chi connectivity index (χ0) is 28.9. The summed E-state index contributed by atoms with van der Waals surface area (Å²) in [6.07, 6.45) is 0.343. The second-order valence-electron chi connectivity index (χ2n) is 8.10. The van der Waals surface area contributed by atoms with Crippen molar-refractivity contribution >= 4 is 33.5 Å². The van der Waals surface area contributed by atoms with Gasteiger partial charge in [0.1, 0.15) is 6.61 Å². The number of carbonyl (C=O) groups is 2. The van der Waals surface area contributed by atoms with Gasteiger partial charge in [-0.1, -0.05) is 51.9 Å². The minimum absolute atomic E-state index is 0.0200. The molecule has 1 rings (SSSR count). The molecule has 0 spiro atoms. The predicted octanol–water partition coefficient (Wildman–Crippen LogP) is 1.66. The normalized spacial score (nSPS) is 11.9. The first-order chi connectivity index (χ1) is 19.6. The zero-order valence-corrected chi connectivity index (χ0v) is 24.7. The minimum atomic E-state index is -1.28. The summed E-state index contributed by atoms with van der Waals surface area (Å²) in [5, 5.41) is 19.2. The number of aliphatic hydroxyl groups is 1. The Morgan fingerprint density at radius 1 is 0.700 bits per heavy atom. The largest absolute Gasteiger partial charge is 0.550 e. The number of carbonyl (C=O) groups excluding carboxylic acids is 2. The summed E-state index contributed by atoms with van der Waals surface area (Å²) in [4.78, 5) is 21.5. The first-order valence-electron chi connectivity index (χ1n) is 13.4. The van der Waals surface area contributed by atoms with Crippen LogP contribution in [0.5, 0.6) is 0 Å². The number of aliphatic hydroxyl groups excluding tert-OH is 1. The number of hydrogen-bond donors (Lipinski definition) is 1. The fourth-order valence-corrected chi connectivity index (χ4v) is 5.51. The van der Waals surface area contributed by atoms with Gasteiger partial charge in [-0.2, -0.15) is 0 Å². The quantitative estimate of drug-likeness (QED) is 0.0802. The molecule has 1 unspecified atom stereocenters. The third-order valence-electron chi connectivity index (χ3n) is 4.94. The van der Waals surface area contributed by atoms with E-state index in [1.165, 1.54) is 5.56 Å². The van der Waals surface area contributed by atoms with Crippen molar-refractivity contribution < 1.29 is 53.0 Å². The van der Waals surface area contributed by atoms with Gasteiger partial charge < -0.3 is 48.2 Å². The molecule has 0 aliphatic carbocycles. The second-order valence-corrected chi connectivity index (χ2v) is 10.8. The topological polar surface area (TPSA) is 142 Å². The molecule has 1 aromatic rings. The highest BCUT2D eigenvalue weighted by atomic mass is 33.1. The molecule has 40 heavy (non-hydrogen) atoms. The molecule has 0 aromatic heterocycles. The minimum Gasteiger partial charge on any atom is -0.550 e. The van der Waals surface area contributed by atoms with Gasteiger partial charge in [0.25, 0.3) is 0 Å². The van der Waals surface area contributed by atoms with Gasteiger partial charge in [0.05, 0.1) is 85.7 Å². The molecule has 230 valence electrons. The van der Waals surface area contributed by atoms with Crippen molar-refractivity contribution in [3.63, 3.8) is 0 Å². The Morgan fingerprint density at radius 2 is 1.23 bits per heavy atom. The van der Waals surface area contributed by atoms with E-state index in [0.29, 0.717) is 77.9 Å². The molecular formula is C27H43O11S2-. The van der Waals surface area contributed by atoms with Gasteiger partial charge in [-0.25, -0.2) is 0 Å². The monoisotopic (exact) mass is 607 g/mol. The van der Waals surface area contributed by atoms with Gasteiger partial charge >= 0.3 is 5.97 Å². The maximum Gasteiger partial charge on any atom is 0.306 e. The molecular weight excluding hydrogens is 564 g/mol. The molecule has 13 heteroatoms. The Labute approximate surface area is 244 Å². The van der Waals surface area contributed by atoms with E-state index in [1.54, 1.807) is 10.8 Å². The van der Waals surface area contributed by atoms with Crippen molar-refractivity contribution in [2.24, 2.45) is 0 Å². The lowest BCUT2D eigenvalue weighted by Crippen LogP contribution is -2.23. The number of aliphatic carboxylic acids is 1. The highest BCUT2D eigenvalue weighted by molar-refractivity contribution is 8.76. The molecule has 0 aliphatic rings. The standard InChI is InChI=1S/C27H44O11S2/c28-9-11-33-13-15-34-14-12-32-10-8-25(24-4-2-1-3-5-24)40-39-23-22-37-19-18-35-16-17-36-20-21-38-27(31)7-6-26(29)30/h1-5,25,28H,6-23H2,(H,29,30)/p-1. The van der Waals surface area contributed by atoms with Crippen LogP contribution in [-0.2, 0) is 42.7 Å². The van der Waals surface area contributed by atoms with Crippen molar-refractivity contribution in [2.75, 3.05) is 98.2 Å². The Hall–Kier alpha value is -1.42. The summed E-state index contributed by atoms with van der Waals surface area (Å²) < 4.78 is 37.5. The highest BCUT2D eigenvalue weighted by Gasteiger charge is 2.12. The Balaban J connectivity index is 1.99. The molecule has 1 aromatic carbocycles. The fourth-order valence-electron chi connectivity index (χ4n) is 2.99. The van der Waals surface area contributed by atoms with E-state index in [1.807, 2.05) is 29.0 Å². The smallest absolute Gasteiger partial charge is 0.306 e. The van der Waals surface area contributed by atoms with Crippen molar-refractivity contribution in [3.05, 3.63) is 35.9 Å². The summed E-state index contributed by atoms with van der Waals surface area (Å²) in [6, 6.07) is 10.4. The average Bonchev–Trinajstić information content (AvgIpc) is 2.96. The molecule has 0 saturated carbocycles. The summed E-state index contributed by atoms with van der Waals surface area (Å²) >= 11 is 0. The van der Waals surface area contributed by atoms with E-state index in [-0.39, 0.29) is 32.7 Å². The number of carboxylic acid groups (broad SMARTS) is 1. The van der Waals surface area contributed by atoms with Gasteiger partial charge in [-0.05, 0) is 18.4 Å². The number of benzene rings is 1. The van der Waals surface area contributed by atoms with Gasteiger partial charge in [-0.3, -0.25) is 4.79 Å². The molecule has 1 atom stereocenters. The molecule has 1 N–H and O–H groups in total. The first-order valence-corrected chi connectivity index (χ1v) is 15.8. The SMILES string of the molecule is O=C([O-])CCC(=O)OCCOCCOCCOCCSSC(CCOCCOCCOCCO)c1ccccc1. The summed E-state index contributed by atoms with van der Waals surface area (Å²) in [5.74, 6) is -1.01. The third-order valence-corrected chi connectivity index (χ3v) is 7.75. The second kappa shape index (κ2) is 27.7. The average molecular weight is 608 g/mol. The highest BCUT2D eigenvalue weighted by Crippen LogP contribution is 2.40. The Kier molecular flexibility index (Phi) is 25.4. The van der Waals surface area contributed by atoms with E-state index in [0.717, 1.165) is 12.2 Å². The van der Waals surface area contributed by atoms with Crippen LogP contribution in [0.25, 0.3) is 0 Å². The lowest BCUT2D eigenvalue weighted by atomic mass is 10.1. The van der Waals surface area contributed by atoms with Gasteiger partial charge in [0, 0.05) is 23.6 Å². The Bertz CT molecular complexity index is 728. The van der Waals surface area contributed by atoms with Gasteiger partial charge in [-0.15, -0.1) is 0 Å². The molecule has 0 aliphatic heterocycles. The molecule has 0 saturated heterocycles. The van der Waals surface area contributed by atoms with Crippen LogP contribution in [0.1, 0.15) is 30.1 Å². The van der Waals surface area contributed by atoms with Crippen LogP contribution in [0.4, 0.5) is 0 Å². The van der Waals surface area contributed by atoms with E-state index in [2.05, 4.69) is 12.1 Å². The molecule has 0 radical (unpaired) electrons. The molecule has 0 fully saturated rings. The van der Waals surface area contributed by atoms with Crippen molar-refractivity contribution in [2.45, 2.75) is 24.5 Å². The maximum atomic E-state index is 11.2. The first kappa shape index (κ1) is 36.6. The van der Waals surface area contributed by atoms with Gasteiger partial charge in [0.2, 0.25) is 0 Å². The number of esters is 1. The summed E-state index contributed by atoms with van der Waals surface area (Å²) in [6.45, 7) is 5.63. The fraction of sp³-hybridized carbons (Fsp3) is 0.704. The van der Waals surface area contributed by atoms with E-state index in [9.17, 15) is 14.7 Å². The van der Waals surface area contributed by atoms with Crippen molar-refractivity contribution in [3.8, 4) is 0 Å². The van der Waals surface area contributed by atoms with E-state index >= 15 is 0 Å². The lowest BCUT2D eigenvalue weighted by Gasteiger charge is -2.16. The van der Waals surface area contributed by atoms with Gasteiger partial charge in [0.15, 0.2) is 0 Å². The maximum absolute atomic E-state index is 11.2. The number of ether oxygens (including phenoxy) is 7. The van der Waals surface area contributed by atoms with Crippen LogP contribution in [0.2, 0.25) is 0 Å². The summed E-state index contributed by atoms with van der Waals surface area (Å²) in [7, 11) is 3.60. The third kappa shape index (κ3) is 23.3. The van der Waals surface area contributed by atoms with Crippen LogP contribution >= 0.6 is 21.6 Å². The molecule has 0 heterocycles. The van der Waals surface area contributed by atoms with Crippen LogP contribution in [0, 0.1) is 0 Å².